The summed E-state index contributed by atoms with van der Waals surface area (Å²) < 4.78 is 0. The molecule has 8 heteroatoms. The molecule has 0 saturated carbocycles. The van der Waals surface area contributed by atoms with Crippen LogP contribution < -0.4 is 0 Å². The molecule has 0 unspecified atom stereocenters. The maximum atomic E-state index is 12.4. The molecule has 8 nitrogen and oxygen atoms in total. The van der Waals surface area contributed by atoms with Crippen LogP contribution >= 0.6 is 0 Å². The third kappa shape index (κ3) is 2.47. The summed E-state index contributed by atoms with van der Waals surface area (Å²) in [5, 5.41) is 22.8. The minimum absolute atomic E-state index is 0.129. The molecule has 136 valence electrons. The molecule has 0 aliphatic heterocycles. The fourth-order valence-electron chi connectivity index (χ4n) is 3.38. The molecule has 0 aromatic heterocycles. The molecule has 0 saturated heterocycles. The van der Waals surface area contributed by atoms with E-state index in [4.69, 9.17) is 0 Å². The Labute approximate surface area is 157 Å². The molecule has 0 fully saturated rings. The molecule has 2 aliphatic carbocycles. The van der Waals surface area contributed by atoms with Gasteiger partial charge in [0.15, 0.2) is 0 Å². The lowest BCUT2D eigenvalue weighted by Crippen LogP contribution is -2.20. The van der Waals surface area contributed by atoms with Gasteiger partial charge in [-0.2, -0.15) is 0 Å². The predicted octanol–water partition coefficient (Wildman–Crippen LogP) is 3.31. The SMILES string of the molecule is O=C1C([N+](=O)[O-])=CC(=C2C=C([N+](=O)[O-])C(=O)c3ccccc32)c2ccccc21. The van der Waals surface area contributed by atoms with Crippen LogP contribution in [0.2, 0.25) is 0 Å². The number of Topliss-reactive ketones (excluding diaryl/α,β-unsaturated/α-hetero) is 2. The zero-order valence-corrected chi connectivity index (χ0v) is 14.1. The maximum absolute atomic E-state index is 12.4. The van der Waals surface area contributed by atoms with Crippen LogP contribution in [-0.2, 0) is 0 Å². The van der Waals surface area contributed by atoms with E-state index in [2.05, 4.69) is 0 Å². The number of hydrogen-bond donors (Lipinski definition) is 0. The second-order valence-electron chi connectivity index (χ2n) is 6.15. The van der Waals surface area contributed by atoms with Crippen molar-refractivity contribution in [2.75, 3.05) is 0 Å². The monoisotopic (exact) mass is 374 g/mol. The van der Waals surface area contributed by atoms with Gasteiger partial charge >= 0.3 is 11.4 Å². The van der Waals surface area contributed by atoms with Gasteiger partial charge in [0, 0.05) is 23.3 Å². The number of benzene rings is 2. The first-order valence-electron chi connectivity index (χ1n) is 8.15. The van der Waals surface area contributed by atoms with Crippen LogP contribution in [0, 0.1) is 20.2 Å². The van der Waals surface area contributed by atoms with Crippen LogP contribution in [0.4, 0.5) is 0 Å². The Balaban J connectivity index is 2.13. The smallest absolute Gasteiger partial charge is 0.282 e. The molecule has 2 aromatic carbocycles. The number of ketones is 2. The van der Waals surface area contributed by atoms with E-state index in [1.807, 2.05) is 0 Å². The molecule has 28 heavy (non-hydrogen) atoms. The Morgan fingerprint density at radius 2 is 0.893 bits per heavy atom. The lowest BCUT2D eigenvalue weighted by molar-refractivity contribution is -0.416. The summed E-state index contributed by atoms with van der Waals surface area (Å²) in [6, 6.07) is 12.6. The molecule has 0 spiro atoms. The summed E-state index contributed by atoms with van der Waals surface area (Å²) >= 11 is 0. The Morgan fingerprint density at radius 3 is 1.21 bits per heavy atom. The number of carbonyl (C=O) groups excluding carboxylic acids is 2. The van der Waals surface area contributed by atoms with E-state index in [0.29, 0.717) is 11.1 Å². The van der Waals surface area contributed by atoms with Crippen LogP contribution in [0.5, 0.6) is 0 Å². The van der Waals surface area contributed by atoms with E-state index < -0.39 is 32.8 Å². The van der Waals surface area contributed by atoms with Crippen LogP contribution in [0.3, 0.4) is 0 Å². The molecule has 4 rings (SSSR count). The number of nitrogens with zero attached hydrogens (tertiary/aromatic N) is 2. The zero-order valence-electron chi connectivity index (χ0n) is 14.1. The van der Waals surface area contributed by atoms with Gasteiger partial charge < -0.3 is 0 Å². The van der Waals surface area contributed by atoms with Crippen molar-refractivity contribution < 1.29 is 19.4 Å². The molecule has 2 aliphatic rings. The van der Waals surface area contributed by atoms with E-state index >= 15 is 0 Å². The number of rotatable bonds is 2. The molecular formula is C20H10N2O6. The van der Waals surface area contributed by atoms with Crippen LogP contribution in [-0.4, -0.2) is 21.4 Å². The molecule has 0 radical (unpaired) electrons. The van der Waals surface area contributed by atoms with E-state index in [1.54, 1.807) is 36.4 Å². The standard InChI is InChI=1S/C20H10N2O6/c23-19-13-7-3-1-5-11(13)15(9-17(19)21(25)26)16-10-18(22(27)28)20(24)14-8-4-2-6-12(14)16/h1-10H. The molecular weight excluding hydrogens is 364 g/mol. The Morgan fingerprint density at radius 1 is 0.571 bits per heavy atom. The van der Waals surface area contributed by atoms with Crippen LogP contribution in [0.1, 0.15) is 31.8 Å². The van der Waals surface area contributed by atoms with Crippen molar-refractivity contribution in [3.63, 3.8) is 0 Å². The highest BCUT2D eigenvalue weighted by Crippen LogP contribution is 2.39. The Kier molecular flexibility index (Phi) is 3.82. The van der Waals surface area contributed by atoms with Crippen LogP contribution in [0.25, 0.3) is 11.1 Å². The highest BCUT2D eigenvalue weighted by molar-refractivity contribution is 6.22. The molecule has 0 heterocycles. The highest BCUT2D eigenvalue weighted by Gasteiger charge is 2.36. The highest BCUT2D eigenvalue weighted by atomic mass is 16.6. The van der Waals surface area contributed by atoms with E-state index in [9.17, 15) is 29.8 Å². The number of allylic oxidation sites excluding steroid dienone is 6. The van der Waals surface area contributed by atoms with Crippen molar-refractivity contribution >= 4 is 22.7 Å². The maximum Gasteiger partial charge on any atom is 0.317 e. The summed E-state index contributed by atoms with van der Waals surface area (Å²) in [6.07, 6.45) is 2.22. The van der Waals surface area contributed by atoms with Crippen molar-refractivity contribution in [2.24, 2.45) is 0 Å². The van der Waals surface area contributed by atoms with Gasteiger partial charge in [0.25, 0.3) is 11.6 Å². The van der Waals surface area contributed by atoms with Gasteiger partial charge in [-0.15, -0.1) is 0 Å². The number of nitro groups is 2. The van der Waals surface area contributed by atoms with Crippen molar-refractivity contribution in [3.8, 4) is 0 Å². The third-order valence-corrected chi connectivity index (χ3v) is 4.63. The van der Waals surface area contributed by atoms with Crippen molar-refractivity contribution in [1.82, 2.24) is 0 Å². The minimum Gasteiger partial charge on any atom is -0.282 e. The molecule has 0 amide bonds. The first-order valence-corrected chi connectivity index (χ1v) is 8.15. The lowest BCUT2D eigenvalue weighted by atomic mass is 9.81. The predicted molar refractivity (Wildman–Crippen MR) is 98.5 cm³/mol. The Bertz CT molecular complexity index is 1110. The second-order valence-corrected chi connectivity index (χ2v) is 6.15. The summed E-state index contributed by atoms with van der Waals surface area (Å²) in [7, 11) is 0. The first-order chi connectivity index (χ1) is 13.4. The van der Waals surface area contributed by atoms with Crippen LogP contribution in [0.15, 0.2) is 72.1 Å². The fraction of sp³-hybridized carbons (Fsp3) is 0. The zero-order chi connectivity index (χ0) is 20.0. The molecule has 2 aromatic rings. The van der Waals surface area contributed by atoms with Gasteiger partial charge in [0.05, 0.1) is 9.85 Å². The second kappa shape index (κ2) is 6.20. The van der Waals surface area contributed by atoms with E-state index in [1.165, 1.54) is 12.1 Å². The molecule has 0 bridgehead atoms. The first kappa shape index (κ1) is 17.2. The number of carbonyl (C=O) groups is 2. The average Bonchev–Trinajstić information content (AvgIpc) is 2.69. The van der Waals surface area contributed by atoms with Gasteiger partial charge in [0.2, 0.25) is 0 Å². The largest absolute Gasteiger partial charge is 0.317 e. The van der Waals surface area contributed by atoms with Crippen molar-refractivity contribution in [1.29, 1.82) is 0 Å². The summed E-state index contributed by atoms with van der Waals surface area (Å²) in [4.78, 5) is 46.1. The normalized spacial score (nSPS) is 18.0. The summed E-state index contributed by atoms with van der Waals surface area (Å²) in [5.41, 5.74) is 0.377. The van der Waals surface area contributed by atoms with Gasteiger partial charge in [-0.05, 0) is 22.3 Å². The fourth-order valence-corrected chi connectivity index (χ4v) is 3.38. The molecule has 0 N–H and O–H groups in total. The minimum atomic E-state index is -0.781. The van der Waals surface area contributed by atoms with Gasteiger partial charge in [-0.25, -0.2) is 0 Å². The molecule has 0 atom stereocenters. The summed E-state index contributed by atoms with van der Waals surface area (Å²) in [5.74, 6) is -1.47. The Hall–Kier alpha value is -4.20. The van der Waals surface area contributed by atoms with Gasteiger partial charge in [-0.1, -0.05) is 48.5 Å². The lowest BCUT2D eigenvalue weighted by Gasteiger charge is -2.20. The van der Waals surface area contributed by atoms with E-state index in [0.717, 1.165) is 12.2 Å². The van der Waals surface area contributed by atoms with Crippen molar-refractivity contribution in [2.45, 2.75) is 0 Å². The van der Waals surface area contributed by atoms with E-state index in [-0.39, 0.29) is 22.3 Å². The number of fused-ring (bicyclic) bond motifs is 2. The average molecular weight is 374 g/mol. The van der Waals surface area contributed by atoms with Gasteiger partial charge in [-0.3, -0.25) is 29.8 Å². The van der Waals surface area contributed by atoms with Crippen molar-refractivity contribution in [3.05, 3.63) is 115 Å². The quantitative estimate of drug-likeness (QED) is 0.587. The summed E-state index contributed by atoms with van der Waals surface area (Å²) in [6.45, 7) is 0. The third-order valence-electron chi connectivity index (χ3n) is 4.63. The van der Waals surface area contributed by atoms with Gasteiger partial charge in [0.1, 0.15) is 0 Å². The topological polar surface area (TPSA) is 120 Å². The number of hydrogen-bond acceptors (Lipinski definition) is 6.